The SMILES string of the molecule is COc1cc2c(cc1OC)[C@@H]1C[C@H](C[C@H]3CCCNC31)OC(=O)CCc1ccc(O)c-2c1. The highest BCUT2D eigenvalue weighted by Crippen LogP contribution is 2.48. The van der Waals surface area contributed by atoms with E-state index in [0.717, 1.165) is 54.5 Å². The molecule has 170 valence electrons. The van der Waals surface area contributed by atoms with Crippen molar-refractivity contribution in [3.8, 4) is 28.4 Å². The Hall–Kier alpha value is -2.73. The highest BCUT2D eigenvalue weighted by Gasteiger charge is 2.42. The molecule has 6 heteroatoms. The zero-order valence-electron chi connectivity index (χ0n) is 18.7. The molecule has 1 unspecified atom stereocenters. The van der Waals surface area contributed by atoms with Gasteiger partial charge in [0.15, 0.2) is 11.5 Å². The van der Waals surface area contributed by atoms with Crippen molar-refractivity contribution in [2.24, 2.45) is 5.92 Å². The number of fused-ring (bicyclic) bond motifs is 9. The number of piperidine rings is 1. The molecule has 1 saturated heterocycles. The van der Waals surface area contributed by atoms with Crippen molar-refractivity contribution < 1.29 is 24.1 Å². The van der Waals surface area contributed by atoms with E-state index in [1.165, 1.54) is 0 Å². The molecule has 5 rings (SSSR count). The Bertz CT molecular complexity index is 1020. The molecule has 0 aromatic heterocycles. The van der Waals surface area contributed by atoms with E-state index in [4.69, 9.17) is 14.2 Å². The van der Waals surface area contributed by atoms with Crippen molar-refractivity contribution in [2.75, 3.05) is 20.8 Å². The van der Waals surface area contributed by atoms with Gasteiger partial charge in [-0.05, 0) is 85.5 Å². The highest BCUT2D eigenvalue weighted by atomic mass is 16.5. The number of aryl methyl sites for hydroxylation is 1. The molecule has 0 amide bonds. The molecular formula is C26H31NO5. The van der Waals surface area contributed by atoms with E-state index in [1.54, 1.807) is 20.3 Å². The lowest BCUT2D eigenvalue weighted by atomic mass is 9.68. The molecule has 6 nitrogen and oxygen atoms in total. The lowest BCUT2D eigenvalue weighted by Gasteiger charge is -2.45. The number of hydrogen-bond acceptors (Lipinski definition) is 6. The molecule has 0 radical (unpaired) electrons. The monoisotopic (exact) mass is 437 g/mol. The molecule has 2 aromatic carbocycles. The fourth-order valence-corrected chi connectivity index (χ4v) is 5.88. The number of aromatic hydroxyl groups is 1. The van der Waals surface area contributed by atoms with Gasteiger partial charge in [0.25, 0.3) is 0 Å². The zero-order valence-corrected chi connectivity index (χ0v) is 18.7. The minimum Gasteiger partial charge on any atom is -0.507 e. The van der Waals surface area contributed by atoms with Gasteiger partial charge >= 0.3 is 5.97 Å². The van der Waals surface area contributed by atoms with E-state index in [2.05, 4.69) is 5.32 Å². The topological polar surface area (TPSA) is 77.0 Å². The lowest BCUT2D eigenvalue weighted by Crippen LogP contribution is -2.51. The first-order valence-electron chi connectivity index (χ1n) is 11.6. The molecule has 1 saturated carbocycles. The van der Waals surface area contributed by atoms with E-state index in [-0.39, 0.29) is 23.7 Å². The van der Waals surface area contributed by atoms with Gasteiger partial charge in [-0.1, -0.05) is 6.07 Å². The third kappa shape index (κ3) is 3.81. The normalized spacial score (nSPS) is 27.1. The summed E-state index contributed by atoms with van der Waals surface area (Å²) in [5.74, 6) is 1.96. The molecule has 4 bridgehead atoms. The van der Waals surface area contributed by atoms with Crippen molar-refractivity contribution in [3.63, 3.8) is 0 Å². The largest absolute Gasteiger partial charge is 0.507 e. The number of benzene rings is 2. The van der Waals surface area contributed by atoms with Gasteiger partial charge in [0.05, 0.1) is 14.2 Å². The summed E-state index contributed by atoms with van der Waals surface area (Å²) >= 11 is 0. The predicted octanol–water partition coefficient (Wildman–Crippen LogP) is 4.18. The molecule has 4 atom stereocenters. The number of hydrogen-bond donors (Lipinski definition) is 2. The van der Waals surface area contributed by atoms with Gasteiger partial charge in [0.2, 0.25) is 0 Å². The Kier molecular flexibility index (Phi) is 5.72. The van der Waals surface area contributed by atoms with Gasteiger partial charge in [-0.3, -0.25) is 4.79 Å². The second kappa shape index (κ2) is 8.66. The third-order valence-corrected chi connectivity index (χ3v) is 7.38. The summed E-state index contributed by atoms with van der Waals surface area (Å²) in [7, 11) is 3.27. The summed E-state index contributed by atoms with van der Waals surface area (Å²) in [6.45, 7) is 0.992. The molecule has 2 fully saturated rings. The Morgan fingerprint density at radius 1 is 1.03 bits per heavy atom. The summed E-state index contributed by atoms with van der Waals surface area (Å²) in [5.41, 5.74) is 3.81. The quantitative estimate of drug-likeness (QED) is 0.687. The minimum absolute atomic E-state index is 0.0963. The fourth-order valence-electron chi connectivity index (χ4n) is 5.88. The van der Waals surface area contributed by atoms with Gasteiger partial charge in [0, 0.05) is 23.9 Å². The van der Waals surface area contributed by atoms with Crippen molar-refractivity contribution in [3.05, 3.63) is 41.5 Å². The highest BCUT2D eigenvalue weighted by molar-refractivity contribution is 5.78. The Balaban J connectivity index is 1.73. The Labute approximate surface area is 188 Å². The summed E-state index contributed by atoms with van der Waals surface area (Å²) < 4.78 is 17.3. The summed E-state index contributed by atoms with van der Waals surface area (Å²) in [6, 6.07) is 9.90. The van der Waals surface area contributed by atoms with Crippen LogP contribution in [0.4, 0.5) is 0 Å². The van der Waals surface area contributed by atoms with Crippen LogP contribution in [0.15, 0.2) is 30.3 Å². The van der Waals surface area contributed by atoms with E-state index in [9.17, 15) is 9.90 Å². The zero-order chi connectivity index (χ0) is 22.2. The van der Waals surface area contributed by atoms with Crippen molar-refractivity contribution in [2.45, 2.75) is 56.6 Å². The number of carbonyl (C=O) groups excluding carboxylic acids is 1. The molecule has 2 aliphatic heterocycles. The number of phenolic OH excluding ortho intramolecular Hbond substituents is 1. The van der Waals surface area contributed by atoms with Gasteiger partial charge in [-0.25, -0.2) is 0 Å². The van der Waals surface area contributed by atoms with Crippen molar-refractivity contribution >= 4 is 5.97 Å². The lowest BCUT2D eigenvalue weighted by molar-refractivity contribution is -0.152. The van der Waals surface area contributed by atoms with E-state index < -0.39 is 0 Å². The van der Waals surface area contributed by atoms with Crippen LogP contribution in [0.25, 0.3) is 11.1 Å². The van der Waals surface area contributed by atoms with Crippen molar-refractivity contribution in [1.82, 2.24) is 5.32 Å². The van der Waals surface area contributed by atoms with Gasteiger partial charge < -0.3 is 24.6 Å². The number of methoxy groups -OCH3 is 2. The van der Waals surface area contributed by atoms with Crippen LogP contribution in [0.1, 0.15) is 49.1 Å². The van der Waals surface area contributed by atoms with Crippen LogP contribution in [-0.4, -0.2) is 44.0 Å². The maximum Gasteiger partial charge on any atom is 0.306 e. The van der Waals surface area contributed by atoms with Crippen LogP contribution >= 0.6 is 0 Å². The third-order valence-electron chi connectivity index (χ3n) is 7.38. The van der Waals surface area contributed by atoms with Gasteiger partial charge in [-0.2, -0.15) is 0 Å². The van der Waals surface area contributed by atoms with Crippen LogP contribution in [-0.2, 0) is 16.0 Å². The van der Waals surface area contributed by atoms with E-state index in [0.29, 0.717) is 36.3 Å². The first-order valence-corrected chi connectivity index (χ1v) is 11.6. The average molecular weight is 438 g/mol. The van der Waals surface area contributed by atoms with Gasteiger partial charge in [0.1, 0.15) is 11.9 Å². The molecule has 2 aromatic rings. The van der Waals surface area contributed by atoms with Crippen LogP contribution in [0.2, 0.25) is 0 Å². The fraction of sp³-hybridized carbons (Fsp3) is 0.500. The summed E-state index contributed by atoms with van der Waals surface area (Å²) in [5, 5.41) is 14.6. The Morgan fingerprint density at radius 2 is 1.84 bits per heavy atom. The van der Waals surface area contributed by atoms with Crippen LogP contribution < -0.4 is 14.8 Å². The standard InChI is InChI=1S/C26H31NO5/c1-30-23-13-18-19(14-24(23)31-2)21-12-17(11-16-4-3-9-27-26(16)21)32-25(29)8-6-15-5-7-22(28)20(18)10-15/h5,7,10,13-14,16-17,21,26-28H,3-4,6,8-9,11-12H2,1-2H3/t16-,17+,21+,26?/m1/s1. The molecular weight excluding hydrogens is 406 g/mol. The maximum absolute atomic E-state index is 12.6. The van der Waals surface area contributed by atoms with Crippen LogP contribution in [0.3, 0.4) is 0 Å². The number of phenols is 1. The van der Waals surface area contributed by atoms with E-state index >= 15 is 0 Å². The second-order valence-corrected chi connectivity index (χ2v) is 9.22. The first-order chi connectivity index (χ1) is 15.6. The van der Waals surface area contributed by atoms with Gasteiger partial charge in [-0.15, -0.1) is 0 Å². The minimum atomic E-state index is -0.140. The van der Waals surface area contributed by atoms with E-state index in [1.807, 2.05) is 24.3 Å². The predicted molar refractivity (Wildman–Crippen MR) is 121 cm³/mol. The van der Waals surface area contributed by atoms with Crippen LogP contribution in [0, 0.1) is 5.92 Å². The second-order valence-electron chi connectivity index (χ2n) is 9.22. The average Bonchev–Trinajstić information content (AvgIpc) is 2.81. The molecule has 0 spiro atoms. The van der Waals surface area contributed by atoms with Crippen LogP contribution in [0.5, 0.6) is 17.2 Å². The maximum atomic E-state index is 12.6. The smallest absolute Gasteiger partial charge is 0.306 e. The number of nitrogens with one attached hydrogen (secondary N) is 1. The number of carbonyl (C=O) groups is 1. The molecule has 1 aliphatic carbocycles. The number of ether oxygens (including phenoxy) is 3. The molecule has 32 heavy (non-hydrogen) atoms. The summed E-state index contributed by atoms with van der Waals surface area (Å²) in [4.78, 5) is 12.6. The van der Waals surface area contributed by atoms with Crippen molar-refractivity contribution in [1.29, 1.82) is 0 Å². The number of rotatable bonds is 2. The molecule has 3 aliphatic rings. The first kappa shape index (κ1) is 21.1. The summed E-state index contributed by atoms with van der Waals surface area (Å²) in [6.07, 6.45) is 4.75. The molecule has 2 N–H and O–H groups in total. The Morgan fingerprint density at radius 3 is 2.66 bits per heavy atom. The number of esters is 1. The molecule has 2 heterocycles.